The van der Waals surface area contributed by atoms with Gasteiger partial charge in [-0.3, -0.25) is 9.59 Å². The molecule has 1 atom stereocenters. The number of hydrogen-bond acceptors (Lipinski definition) is 2. The van der Waals surface area contributed by atoms with Crippen molar-refractivity contribution in [1.29, 1.82) is 0 Å². The number of hydrogen-bond donors (Lipinski definition) is 2. The van der Waals surface area contributed by atoms with Crippen LogP contribution in [0.4, 0.5) is 5.69 Å². The zero-order chi connectivity index (χ0) is 16.8. The van der Waals surface area contributed by atoms with Crippen molar-refractivity contribution in [3.8, 4) is 0 Å². The van der Waals surface area contributed by atoms with Crippen molar-refractivity contribution in [2.45, 2.75) is 12.8 Å². The van der Waals surface area contributed by atoms with Crippen LogP contribution >= 0.6 is 23.2 Å². The second-order valence-electron chi connectivity index (χ2n) is 5.07. The summed E-state index contributed by atoms with van der Waals surface area (Å²) >= 11 is 12.0. The summed E-state index contributed by atoms with van der Waals surface area (Å²) in [6, 6.07) is 14.0. The maximum Gasteiger partial charge on any atom is 0.307 e. The summed E-state index contributed by atoms with van der Waals surface area (Å²) in [6.45, 7) is 0. The Bertz CT molecular complexity index is 684. The van der Waals surface area contributed by atoms with E-state index in [9.17, 15) is 14.7 Å². The highest BCUT2D eigenvalue weighted by Crippen LogP contribution is 2.30. The van der Waals surface area contributed by atoms with E-state index in [1.165, 1.54) is 0 Å². The van der Waals surface area contributed by atoms with Gasteiger partial charge in [-0.15, -0.1) is 0 Å². The van der Waals surface area contributed by atoms with Crippen LogP contribution in [0.3, 0.4) is 0 Å². The summed E-state index contributed by atoms with van der Waals surface area (Å²) in [5, 5.41) is 12.5. The normalized spacial score (nSPS) is 11.7. The molecule has 0 saturated heterocycles. The minimum absolute atomic E-state index is 0.161. The molecule has 2 rings (SSSR count). The first kappa shape index (κ1) is 17.3. The van der Waals surface area contributed by atoms with Crippen LogP contribution in [0, 0.1) is 5.92 Å². The van der Waals surface area contributed by atoms with Gasteiger partial charge in [0.2, 0.25) is 5.91 Å². The monoisotopic (exact) mass is 351 g/mol. The molecule has 2 aromatic carbocycles. The predicted molar refractivity (Wildman–Crippen MR) is 91.0 cm³/mol. The van der Waals surface area contributed by atoms with Crippen LogP contribution < -0.4 is 5.32 Å². The first-order valence-corrected chi connectivity index (χ1v) is 7.73. The van der Waals surface area contributed by atoms with Gasteiger partial charge < -0.3 is 10.4 Å². The summed E-state index contributed by atoms with van der Waals surface area (Å²) in [6.07, 6.45) is 0.117. The van der Waals surface area contributed by atoms with Crippen LogP contribution in [-0.4, -0.2) is 17.0 Å². The molecule has 0 bridgehead atoms. The zero-order valence-electron chi connectivity index (χ0n) is 12.1. The standard InChI is InChI=1S/C17H15Cl2NO3/c18-13-7-4-8-14(19)16(13)20-15(21)10-12(17(22)23)9-11-5-2-1-3-6-11/h1-8,12H,9-10H2,(H,20,21)(H,22,23). The molecule has 0 fully saturated rings. The van der Waals surface area contributed by atoms with Gasteiger partial charge in [0, 0.05) is 6.42 Å². The summed E-state index contributed by atoms with van der Waals surface area (Å²) in [7, 11) is 0. The summed E-state index contributed by atoms with van der Waals surface area (Å²) in [5.74, 6) is -2.28. The molecule has 2 N–H and O–H groups in total. The molecule has 0 aliphatic carbocycles. The molecule has 0 radical (unpaired) electrons. The Morgan fingerprint density at radius 2 is 1.61 bits per heavy atom. The first-order chi connectivity index (χ1) is 11.0. The molecular weight excluding hydrogens is 337 g/mol. The van der Waals surface area contributed by atoms with E-state index in [-0.39, 0.29) is 12.8 Å². The topological polar surface area (TPSA) is 66.4 Å². The van der Waals surface area contributed by atoms with Gasteiger partial charge in [0.15, 0.2) is 0 Å². The molecule has 4 nitrogen and oxygen atoms in total. The fraction of sp³-hybridized carbons (Fsp3) is 0.176. The largest absolute Gasteiger partial charge is 0.481 e. The van der Waals surface area contributed by atoms with Gasteiger partial charge in [-0.25, -0.2) is 0 Å². The number of halogens is 2. The number of carboxylic acid groups (broad SMARTS) is 1. The van der Waals surface area contributed by atoms with Crippen LogP contribution in [0.25, 0.3) is 0 Å². The van der Waals surface area contributed by atoms with Crippen molar-refractivity contribution < 1.29 is 14.7 Å². The first-order valence-electron chi connectivity index (χ1n) is 6.98. The van der Waals surface area contributed by atoms with Crippen molar-refractivity contribution >= 4 is 40.8 Å². The quantitative estimate of drug-likeness (QED) is 0.816. The van der Waals surface area contributed by atoms with Crippen LogP contribution in [0.5, 0.6) is 0 Å². The van der Waals surface area contributed by atoms with Crippen molar-refractivity contribution in [1.82, 2.24) is 0 Å². The van der Waals surface area contributed by atoms with E-state index in [4.69, 9.17) is 23.2 Å². The lowest BCUT2D eigenvalue weighted by Gasteiger charge is -2.14. The van der Waals surface area contributed by atoms with E-state index < -0.39 is 17.8 Å². The van der Waals surface area contributed by atoms with E-state index >= 15 is 0 Å². The van der Waals surface area contributed by atoms with E-state index in [0.717, 1.165) is 5.56 Å². The van der Waals surface area contributed by atoms with E-state index in [1.807, 2.05) is 30.3 Å². The minimum Gasteiger partial charge on any atom is -0.481 e. The summed E-state index contributed by atoms with van der Waals surface area (Å²) in [4.78, 5) is 23.5. The molecule has 0 saturated carbocycles. The molecule has 6 heteroatoms. The van der Waals surface area contributed by atoms with Crippen molar-refractivity contribution in [2.24, 2.45) is 5.92 Å². The molecule has 0 aliphatic rings. The molecule has 120 valence electrons. The van der Waals surface area contributed by atoms with Gasteiger partial charge in [0.25, 0.3) is 0 Å². The molecule has 0 spiro atoms. The third-order valence-electron chi connectivity index (χ3n) is 3.33. The van der Waals surface area contributed by atoms with E-state index in [1.54, 1.807) is 18.2 Å². The number of carbonyl (C=O) groups is 2. The Morgan fingerprint density at radius 3 is 2.17 bits per heavy atom. The van der Waals surface area contributed by atoms with Crippen LogP contribution in [-0.2, 0) is 16.0 Å². The van der Waals surface area contributed by atoms with Crippen molar-refractivity contribution in [3.05, 3.63) is 64.1 Å². The number of carbonyl (C=O) groups excluding carboxylic acids is 1. The number of nitrogens with one attached hydrogen (secondary N) is 1. The molecule has 1 unspecified atom stereocenters. The Balaban J connectivity index is 2.05. The van der Waals surface area contributed by atoms with E-state index in [0.29, 0.717) is 15.7 Å². The SMILES string of the molecule is O=C(CC(Cc1ccccc1)C(=O)O)Nc1c(Cl)cccc1Cl. The highest BCUT2D eigenvalue weighted by molar-refractivity contribution is 6.39. The fourth-order valence-electron chi connectivity index (χ4n) is 2.18. The Hall–Kier alpha value is -2.04. The Labute approximate surface area is 144 Å². The van der Waals surface area contributed by atoms with E-state index in [2.05, 4.69) is 5.32 Å². The molecule has 0 aromatic heterocycles. The van der Waals surface area contributed by atoms with Crippen LogP contribution in [0.2, 0.25) is 10.0 Å². The van der Waals surface area contributed by atoms with Crippen LogP contribution in [0.1, 0.15) is 12.0 Å². The van der Waals surface area contributed by atoms with Gasteiger partial charge in [-0.2, -0.15) is 0 Å². The van der Waals surface area contributed by atoms with Crippen LogP contribution in [0.15, 0.2) is 48.5 Å². The number of anilines is 1. The van der Waals surface area contributed by atoms with Gasteiger partial charge in [-0.05, 0) is 24.1 Å². The van der Waals surface area contributed by atoms with Crippen molar-refractivity contribution in [2.75, 3.05) is 5.32 Å². The van der Waals surface area contributed by atoms with Crippen molar-refractivity contribution in [3.63, 3.8) is 0 Å². The average molecular weight is 352 g/mol. The number of aliphatic carboxylic acids is 1. The number of benzene rings is 2. The Morgan fingerprint density at radius 1 is 1.00 bits per heavy atom. The second kappa shape index (κ2) is 7.99. The maximum atomic E-state index is 12.1. The average Bonchev–Trinajstić information content (AvgIpc) is 2.51. The highest BCUT2D eigenvalue weighted by Gasteiger charge is 2.22. The molecular formula is C17H15Cl2NO3. The second-order valence-corrected chi connectivity index (χ2v) is 5.89. The lowest BCUT2D eigenvalue weighted by atomic mass is 9.96. The minimum atomic E-state index is -1.02. The summed E-state index contributed by atoms with van der Waals surface area (Å²) in [5.41, 5.74) is 1.16. The van der Waals surface area contributed by atoms with Gasteiger partial charge in [0.05, 0.1) is 21.7 Å². The molecule has 2 aromatic rings. The number of para-hydroxylation sites is 1. The summed E-state index contributed by atoms with van der Waals surface area (Å²) < 4.78 is 0. The molecule has 23 heavy (non-hydrogen) atoms. The van der Waals surface area contributed by atoms with Gasteiger partial charge >= 0.3 is 5.97 Å². The lowest BCUT2D eigenvalue weighted by molar-refractivity contribution is -0.143. The van der Waals surface area contributed by atoms with Gasteiger partial charge in [-0.1, -0.05) is 59.6 Å². The zero-order valence-corrected chi connectivity index (χ0v) is 13.6. The van der Waals surface area contributed by atoms with Gasteiger partial charge in [0.1, 0.15) is 0 Å². The molecule has 0 heterocycles. The third kappa shape index (κ3) is 4.98. The predicted octanol–water partition coefficient (Wildman–Crippen LogP) is 4.27. The smallest absolute Gasteiger partial charge is 0.307 e. The maximum absolute atomic E-state index is 12.1. The fourth-order valence-corrected chi connectivity index (χ4v) is 2.67. The molecule has 1 amide bonds. The number of carboxylic acids is 1. The lowest BCUT2D eigenvalue weighted by Crippen LogP contribution is -2.24. The molecule has 0 aliphatic heterocycles. The highest BCUT2D eigenvalue weighted by atomic mass is 35.5. The Kier molecular flexibility index (Phi) is 6.02. The number of rotatable bonds is 6. The third-order valence-corrected chi connectivity index (χ3v) is 3.96. The number of amides is 1.